The predicted octanol–water partition coefficient (Wildman–Crippen LogP) is 2.70. The van der Waals surface area contributed by atoms with Gasteiger partial charge in [-0.1, -0.05) is 36.0 Å². The Labute approximate surface area is 184 Å². The van der Waals surface area contributed by atoms with Crippen molar-refractivity contribution in [3.05, 3.63) is 65.4 Å². The minimum absolute atomic E-state index is 0.0129. The summed E-state index contributed by atoms with van der Waals surface area (Å²) in [4.78, 5) is 26.7. The van der Waals surface area contributed by atoms with Crippen molar-refractivity contribution in [3.63, 3.8) is 0 Å². The maximum atomic E-state index is 12.8. The molecule has 3 aromatic rings. The lowest BCUT2D eigenvalue weighted by atomic mass is 10.00. The van der Waals surface area contributed by atoms with Crippen LogP contribution in [-0.4, -0.2) is 50.4 Å². The number of amides is 1. The summed E-state index contributed by atoms with van der Waals surface area (Å²) in [5, 5.41) is 8.95. The molecule has 0 spiro atoms. The zero-order chi connectivity index (χ0) is 21.6. The van der Waals surface area contributed by atoms with Crippen LogP contribution in [0.25, 0.3) is 0 Å². The molecule has 31 heavy (non-hydrogen) atoms. The topological polar surface area (TPSA) is 90.5 Å². The third kappa shape index (κ3) is 5.16. The van der Waals surface area contributed by atoms with Gasteiger partial charge in [-0.25, -0.2) is 0 Å². The maximum Gasteiger partial charge on any atom is 0.313 e. The van der Waals surface area contributed by atoms with Crippen molar-refractivity contribution in [1.82, 2.24) is 19.7 Å². The van der Waals surface area contributed by atoms with Crippen LogP contribution in [0.2, 0.25) is 0 Å². The van der Waals surface area contributed by atoms with Crippen LogP contribution in [0, 0.1) is 0 Å². The number of thioether (sulfide) groups is 1. The van der Waals surface area contributed by atoms with Gasteiger partial charge in [0.1, 0.15) is 18.0 Å². The number of fused-ring (bicyclic) bond motifs is 1. The molecule has 4 rings (SSSR count). The molecular formula is C22H24N4O4S. The minimum atomic E-state index is -0.366. The summed E-state index contributed by atoms with van der Waals surface area (Å²) in [6.45, 7) is 3.78. The number of furan rings is 1. The van der Waals surface area contributed by atoms with Gasteiger partial charge in [-0.3, -0.25) is 14.2 Å². The SMILES string of the molecule is CCOC(=O)Cc1nnc(SCC(=O)N2CCc3ccccc3C2)n1Cc1ccco1. The smallest absolute Gasteiger partial charge is 0.313 e. The molecule has 3 heterocycles. The van der Waals surface area contributed by atoms with Crippen molar-refractivity contribution in [3.8, 4) is 0 Å². The molecule has 1 amide bonds. The van der Waals surface area contributed by atoms with Gasteiger partial charge in [0.2, 0.25) is 5.91 Å². The van der Waals surface area contributed by atoms with E-state index >= 15 is 0 Å². The maximum absolute atomic E-state index is 12.8. The van der Waals surface area contributed by atoms with Crippen LogP contribution < -0.4 is 0 Å². The summed E-state index contributed by atoms with van der Waals surface area (Å²) >= 11 is 1.32. The van der Waals surface area contributed by atoms with E-state index < -0.39 is 0 Å². The van der Waals surface area contributed by atoms with Crippen LogP contribution in [0.3, 0.4) is 0 Å². The van der Waals surface area contributed by atoms with Crippen LogP contribution in [0.1, 0.15) is 29.6 Å². The molecule has 162 valence electrons. The molecule has 1 aliphatic rings. The van der Waals surface area contributed by atoms with Crippen molar-refractivity contribution < 1.29 is 18.7 Å². The van der Waals surface area contributed by atoms with Crippen LogP contribution in [0.5, 0.6) is 0 Å². The molecule has 0 radical (unpaired) electrons. The second kappa shape index (κ2) is 9.82. The van der Waals surface area contributed by atoms with Gasteiger partial charge < -0.3 is 14.1 Å². The van der Waals surface area contributed by atoms with E-state index in [-0.39, 0.29) is 24.1 Å². The molecule has 8 nitrogen and oxygen atoms in total. The molecule has 0 saturated carbocycles. The highest BCUT2D eigenvalue weighted by atomic mass is 32.2. The third-order valence-corrected chi connectivity index (χ3v) is 6.05. The van der Waals surface area contributed by atoms with Crippen LogP contribution in [0.15, 0.2) is 52.2 Å². The van der Waals surface area contributed by atoms with E-state index in [4.69, 9.17) is 9.15 Å². The zero-order valence-electron chi connectivity index (χ0n) is 17.3. The average molecular weight is 441 g/mol. The van der Waals surface area contributed by atoms with E-state index in [9.17, 15) is 9.59 Å². The number of hydrogen-bond donors (Lipinski definition) is 0. The highest BCUT2D eigenvalue weighted by Crippen LogP contribution is 2.23. The zero-order valence-corrected chi connectivity index (χ0v) is 18.1. The number of rotatable bonds is 8. The molecule has 9 heteroatoms. The number of esters is 1. The van der Waals surface area contributed by atoms with Crippen LogP contribution >= 0.6 is 11.8 Å². The summed E-state index contributed by atoms with van der Waals surface area (Å²) < 4.78 is 12.3. The Hall–Kier alpha value is -3.07. The van der Waals surface area contributed by atoms with E-state index in [0.29, 0.717) is 43.0 Å². The van der Waals surface area contributed by atoms with Crippen molar-refractivity contribution in [2.75, 3.05) is 18.9 Å². The first kappa shape index (κ1) is 21.2. The van der Waals surface area contributed by atoms with E-state index in [2.05, 4.69) is 22.3 Å². The fraction of sp³-hybridized carbons (Fsp3) is 0.364. The van der Waals surface area contributed by atoms with Crippen LogP contribution in [0.4, 0.5) is 0 Å². The van der Waals surface area contributed by atoms with Gasteiger partial charge in [0.15, 0.2) is 5.16 Å². The number of carbonyl (C=O) groups excluding carboxylic acids is 2. The molecule has 0 bridgehead atoms. The lowest BCUT2D eigenvalue weighted by molar-refractivity contribution is -0.142. The molecule has 0 fully saturated rings. The summed E-state index contributed by atoms with van der Waals surface area (Å²) in [5.41, 5.74) is 2.51. The number of carbonyl (C=O) groups is 2. The van der Waals surface area contributed by atoms with Gasteiger partial charge in [-0.2, -0.15) is 0 Å². The quantitative estimate of drug-likeness (QED) is 0.393. The molecular weight excluding hydrogens is 416 g/mol. The Morgan fingerprint density at radius 1 is 1.16 bits per heavy atom. The van der Waals surface area contributed by atoms with Gasteiger partial charge in [-0.05, 0) is 36.6 Å². The fourth-order valence-corrected chi connectivity index (χ4v) is 4.40. The number of aromatic nitrogens is 3. The average Bonchev–Trinajstić information content (AvgIpc) is 3.43. The van der Waals surface area contributed by atoms with Gasteiger partial charge in [0.25, 0.3) is 0 Å². The van der Waals surface area contributed by atoms with Gasteiger partial charge in [0.05, 0.1) is 25.2 Å². The first-order chi connectivity index (χ1) is 15.1. The van der Waals surface area contributed by atoms with Crippen molar-refractivity contribution in [1.29, 1.82) is 0 Å². The standard InChI is InChI=1S/C22H24N4O4S/c1-2-29-21(28)12-19-23-24-22(26(19)14-18-8-5-11-30-18)31-15-20(27)25-10-9-16-6-3-4-7-17(16)13-25/h3-8,11H,2,9-10,12-15H2,1H3. The van der Waals surface area contributed by atoms with Crippen molar-refractivity contribution in [2.24, 2.45) is 0 Å². The second-order valence-electron chi connectivity index (χ2n) is 7.17. The normalized spacial score (nSPS) is 13.1. The van der Waals surface area contributed by atoms with E-state index in [0.717, 1.165) is 6.42 Å². The molecule has 0 aliphatic carbocycles. The molecule has 0 atom stereocenters. The molecule has 0 saturated heterocycles. The summed E-state index contributed by atoms with van der Waals surface area (Å²) in [6, 6.07) is 11.9. The monoisotopic (exact) mass is 440 g/mol. The number of nitrogens with zero attached hydrogens (tertiary/aromatic N) is 4. The molecule has 0 N–H and O–H groups in total. The Morgan fingerprint density at radius 3 is 2.77 bits per heavy atom. The van der Waals surface area contributed by atoms with Gasteiger partial charge >= 0.3 is 5.97 Å². The fourth-order valence-electron chi connectivity index (χ4n) is 3.54. The summed E-state index contributed by atoms with van der Waals surface area (Å²) in [6.07, 6.45) is 2.47. The minimum Gasteiger partial charge on any atom is -0.467 e. The van der Waals surface area contributed by atoms with Crippen molar-refractivity contribution in [2.45, 2.75) is 38.0 Å². The van der Waals surface area contributed by atoms with E-state index in [1.807, 2.05) is 23.1 Å². The highest BCUT2D eigenvalue weighted by Gasteiger charge is 2.23. The van der Waals surface area contributed by atoms with Gasteiger partial charge in [0, 0.05) is 13.1 Å². The van der Waals surface area contributed by atoms with E-state index in [1.165, 1.54) is 22.9 Å². The number of ether oxygens (including phenoxy) is 1. The second-order valence-corrected chi connectivity index (χ2v) is 8.11. The first-order valence-electron chi connectivity index (χ1n) is 10.2. The third-order valence-electron chi connectivity index (χ3n) is 5.10. The number of hydrogen-bond acceptors (Lipinski definition) is 7. The molecule has 1 aliphatic heterocycles. The Kier molecular flexibility index (Phi) is 6.71. The van der Waals surface area contributed by atoms with Crippen LogP contribution in [-0.2, 0) is 40.3 Å². The lowest BCUT2D eigenvalue weighted by Gasteiger charge is -2.28. The molecule has 2 aromatic heterocycles. The van der Waals surface area contributed by atoms with Crippen molar-refractivity contribution >= 4 is 23.6 Å². The molecule has 1 aromatic carbocycles. The lowest BCUT2D eigenvalue weighted by Crippen LogP contribution is -2.37. The Balaban J connectivity index is 1.44. The molecule has 0 unspecified atom stereocenters. The van der Waals surface area contributed by atoms with E-state index in [1.54, 1.807) is 23.8 Å². The summed E-state index contributed by atoms with van der Waals surface area (Å²) in [7, 11) is 0. The highest BCUT2D eigenvalue weighted by molar-refractivity contribution is 7.99. The number of benzene rings is 1. The summed E-state index contributed by atoms with van der Waals surface area (Å²) in [5.74, 6) is 1.13. The Bertz CT molecular complexity index is 1050. The largest absolute Gasteiger partial charge is 0.467 e. The predicted molar refractivity (Wildman–Crippen MR) is 114 cm³/mol. The first-order valence-corrected chi connectivity index (χ1v) is 11.2. The Morgan fingerprint density at radius 2 is 2.00 bits per heavy atom. The van der Waals surface area contributed by atoms with Gasteiger partial charge in [-0.15, -0.1) is 10.2 Å².